The molecular formula is C9H12N2O4S. The van der Waals surface area contributed by atoms with Gasteiger partial charge in [0, 0.05) is 12.1 Å². The highest BCUT2D eigenvalue weighted by molar-refractivity contribution is 7.89. The number of rotatable bonds is 3. The lowest BCUT2D eigenvalue weighted by atomic mass is 10.1. The van der Waals surface area contributed by atoms with Crippen LogP contribution in [0.25, 0.3) is 0 Å². The Morgan fingerprint density at radius 1 is 1.31 bits per heavy atom. The van der Waals surface area contributed by atoms with E-state index in [-0.39, 0.29) is 10.6 Å². The van der Waals surface area contributed by atoms with Crippen LogP contribution in [0.5, 0.6) is 0 Å². The Hall–Kier alpha value is -1.47. The lowest BCUT2D eigenvalue weighted by molar-refractivity contribution is -0.385. The van der Waals surface area contributed by atoms with E-state index in [1.165, 1.54) is 13.1 Å². The molecule has 16 heavy (non-hydrogen) atoms. The number of benzene rings is 1. The minimum absolute atomic E-state index is 0.0540. The number of hydrogen-bond acceptors (Lipinski definition) is 4. The number of nitro benzene ring substituents is 1. The minimum atomic E-state index is -3.66. The molecule has 0 bridgehead atoms. The molecule has 7 heteroatoms. The maximum Gasteiger partial charge on any atom is 0.271 e. The first-order valence-electron chi connectivity index (χ1n) is 4.49. The highest BCUT2D eigenvalue weighted by Gasteiger charge is 2.20. The predicted octanol–water partition coefficient (Wildman–Crippen LogP) is 1.12. The van der Waals surface area contributed by atoms with Gasteiger partial charge in [0.05, 0.1) is 9.82 Å². The summed E-state index contributed by atoms with van der Waals surface area (Å²) in [5.41, 5.74) is 0.861. The van der Waals surface area contributed by atoms with Gasteiger partial charge in [-0.2, -0.15) is 0 Å². The molecule has 0 aliphatic rings. The number of nitrogens with one attached hydrogen (secondary N) is 1. The first kappa shape index (κ1) is 12.6. The van der Waals surface area contributed by atoms with Gasteiger partial charge in [0.2, 0.25) is 10.0 Å². The minimum Gasteiger partial charge on any atom is -0.258 e. The monoisotopic (exact) mass is 244 g/mol. The van der Waals surface area contributed by atoms with Crippen molar-refractivity contribution < 1.29 is 13.3 Å². The van der Waals surface area contributed by atoms with Crippen LogP contribution in [0.4, 0.5) is 5.69 Å². The van der Waals surface area contributed by atoms with Crippen molar-refractivity contribution in [2.45, 2.75) is 18.7 Å². The number of sulfonamides is 1. The normalized spacial score (nSPS) is 11.4. The maximum absolute atomic E-state index is 11.6. The highest BCUT2D eigenvalue weighted by atomic mass is 32.2. The molecule has 0 fully saturated rings. The molecule has 0 radical (unpaired) electrons. The third-order valence-corrected chi connectivity index (χ3v) is 3.91. The van der Waals surface area contributed by atoms with Crippen molar-refractivity contribution in [2.75, 3.05) is 7.05 Å². The zero-order valence-corrected chi connectivity index (χ0v) is 9.96. The topological polar surface area (TPSA) is 89.3 Å². The average Bonchev–Trinajstić information content (AvgIpc) is 2.21. The summed E-state index contributed by atoms with van der Waals surface area (Å²) in [6, 6.07) is 2.41. The number of nitro groups is 1. The highest BCUT2D eigenvalue weighted by Crippen LogP contribution is 2.24. The van der Waals surface area contributed by atoms with Crippen LogP contribution in [0.1, 0.15) is 11.1 Å². The van der Waals surface area contributed by atoms with E-state index in [4.69, 9.17) is 0 Å². The zero-order valence-electron chi connectivity index (χ0n) is 9.14. The molecule has 1 aromatic rings. The molecule has 1 rings (SSSR count). The van der Waals surface area contributed by atoms with E-state index in [9.17, 15) is 18.5 Å². The van der Waals surface area contributed by atoms with Gasteiger partial charge in [-0.25, -0.2) is 13.1 Å². The lowest BCUT2D eigenvalue weighted by Crippen LogP contribution is -2.20. The van der Waals surface area contributed by atoms with Crippen LogP contribution in [-0.2, 0) is 10.0 Å². The van der Waals surface area contributed by atoms with Crippen molar-refractivity contribution in [1.82, 2.24) is 4.72 Å². The third kappa shape index (κ3) is 2.20. The molecule has 0 unspecified atom stereocenters. The van der Waals surface area contributed by atoms with Gasteiger partial charge in [0.1, 0.15) is 0 Å². The molecule has 88 valence electrons. The van der Waals surface area contributed by atoms with Crippen LogP contribution in [0.2, 0.25) is 0 Å². The maximum atomic E-state index is 11.6. The zero-order chi connectivity index (χ0) is 12.5. The van der Waals surface area contributed by atoms with Gasteiger partial charge in [-0.1, -0.05) is 0 Å². The van der Waals surface area contributed by atoms with E-state index in [2.05, 4.69) is 4.72 Å². The number of aryl methyl sites for hydroxylation is 1. The molecular weight excluding hydrogens is 232 g/mol. The molecule has 0 saturated heterocycles. The van der Waals surface area contributed by atoms with Gasteiger partial charge in [0.15, 0.2) is 0 Å². The van der Waals surface area contributed by atoms with Crippen molar-refractivity contribution >= 4 is 15.7 Å². The second kappa shape index (κ2) is 4.18. The van der Waals surface area contributed by atoms with E-state index < -0.39 is 14.9 Å². The Morgan fingerprint density at radius 3 is 2.31 bits per heavy atom. The quantitative estimate of drug-likeness (QED) is 0.637. The molecule has 1 aromatic carbocycles. The molecule has 6 nitrogen and oxygen atoms in total. The van der Waals surface area contributed by atoms with Crippen LogP contribution < -0.4 is 4.72 Å². The van der Waals surface area contributed by atoms with Crippen molar-refractivity contribution in [1.29, 1.82) is 0 Å². The van der Waals surface area contributed by atoms with Crippen molar-refractivity contribution in [3.63, 3.8) is 0 Å². The summed E-state index contributed by atoms with van der Waals surface area (Å²) in [6.45, 7) is 3.25. The largest absolute Gasteiger partial charge is 0.271 e. The summed E-state index contributed by atoms with van der Waals surface area (Å²) < 4.78 is 25.4. The Labute approximate surface area is 93.5 Å². The van der Waals surface area contributed by atoms with E-state index in [1.54, 1.807) is 13.8 Å². The molecule has 0 spiro atoms. The summed E-state index contributed by atoms with van der Waals surface area (Å²) in [7, 11) is -2.40. The van der Waals surface area contributed by atoms with Crippen molar-refractivity contribution in [2.24, 2.45) is 0 Å². The van der Waals surface area contributed by atoms with E-state index in [0.717, 1.165) is 6.07 Å². The lowest BCUT2D eigenvalue weighted by Gasteiger charge is -2.08. The Bertz CT molecular complexity index is 537. The third-order valence-electron chi connectivity index (χ3n) is 2.37. The van der Waals surface area contributed by atoms with E-state index in [1.807, 2.05) is 0 Å². The molecule has 0 saturated carbocycles. The van der Waals surface area contributed by atoms with Crippen LogP contribution in [-0.4, -0.2) is 20.4 Å². The van der Waals surface area contributed by atoms with E-state index >= 15 is 0 Å². The average molecular weight is 244 g/mol. The second-order valence-electron chi connectivity index (χ2n) is 3.35. The van der Waals surface area contributed by atoms with Gasteiger partial charge in [-0.3, -0.25) is 10.1 Å². The van der Waals surface area contributed by atoms with Crippen molar-refractivity contribution in [3.05, 3.63) is 33.4 Å². The van der Waals surface area contributed by atoms with E-state index in [0.29, 0.717) is 11.1 Å². The van der Waals surface area contributed by atoms with Crippen LogP contribution in [0.3, 0.4) is 0 Å². The summed E-state index contributed by atoms with van der Waals surface area (Å²) >= 11 is 0. The van der Waals surface area contributed by atoms with Gasteiger partial charge < -0.3 is 0 Å². The van der Waals surface area contributed by atoms with Gasteiger partial charge in [-0.15, -0.1) is 0 Å². The van der Waals surface area contributed by atoms with Crippen LogP contribution in [0, 0.1) is 24.0 Å². The number of hydrogen-bond donors (Lipinski definition) is 1. The fourth-order valence-electron chi connectivity index (χ4n) is 1.30. The Balaban J connectivity index is 3.57. The fraction of sp³-hybridized carbons (Fsp3) is 0.333. The Morgan fingerprint density at radius 2 is 1.88 bits per heavy atom. The summed E-state index contributed by atoms with van der Waals surface area (Å²) in [4.78, 5) is 9.96. The summed E-state index contributed by atoms with van der Waals surface area (Å²) in [6.07, 6.45) is 0. The summed E-state index contributed by atoms with van der Waals surface area (Å²) in [5, 5.41) is 10.6. The molecule has 0 aliphatic carbocycles. The molecule has 0 atom stereocenters. The van der Waals surface area contributed by atoms with Gasteiger partial charge in [0.25, 0.3) is 5.69 Å². The van der Waals surface area contributed by atoms with Crippen molar-refractivity contribution in [3.8, 4) is 0 Å². The summed E-state index contributed by atoms with van der Waals surface area (Å²) in [5.74, 6) is 0. The van der Waals surface area contributed by atoms with Gasteiger partial charge in [-0.05, 0) is 32.0 Å². The standard InChI is InChI=1S/C9H12N2O4S/c1-6-4-8(11(12)13)5-9(7(6)2)16(14,15)10-3/h4-5,10H,1-3H3. The van der Waals surface area contributed by atoms with Crippen LogP contribution >= 0.6 is 0 Å². The first-order valence-corrected chi connectivity index (χ1v) is 5.97. The van der Waals surface area contributed by atoms with Gasteiger partial charge >= 0.3 is 0 Å². The number of non-ortho nitro benzene ring substituents is 1. The molecule has 0 aromatic heterocycles. The predicted molar refractivity (Wildman–Crippen MR) is 58.8 cm³/mol. The molecule has 0 amide bonds. The van der Waals surface area contributed by atoms with Crippen LogP contribution in [0.15, 0.2) is 17.0 Å². The number of nitrogens with zero attached hydrogens (tertiary/aromatic N) is 1. The molecule has 1 N–H and O–H groups in total. The smallest absolute Gasteiger partial charge is 0.258 e. The fourth-order valence-corrected chi connectivity index (χ4v) is 2.36. The molecule has 0 heterocycles. The SMILES string of the molecule is CNS(=O)(=O)c1cc([N+](=O)[O-])cc(C)c1C. The second-order valence-corrected chi connectivity index (χ2v) is 5.21. The molecule has 0 aliphatic heterocycles. The first-order chi connectivity index (χ1) is 7.29. The Kier molecular flexibility index (Phi) is 3.30.